The van der Waals surface area contributed by atoms with Gasteiger partial charge in [0.15, 0.2) is 0 Å². The third-order valence-corrected chi connectivity index (χ3v) is 3.44. The summed E-state index contributed by atoms with van der Waals surface area (Å²) in [6.45, 7) is 3.07. The molecule has 0 bridgehead atoms. The number of halogens is 2. The molecular formula is C15H21ClFN5O4S. The second-order valence-electron chi connectivity index (χ2n) is 5.77. The molecule has 0 aromatic heterocycles. The molecule has 1 heterocycles. The Balaban J connectivity index is 0.000000646. The minimum atomic E-state index is -3.19. The second kappa shape index (κ2) is 10.2. The number of carbonyl (C=O) groups excluding carboxylic acids is 1. The molecule has 27 heavy (non-hydrogen) atoms. The number of ether oxygens (including phenoxy) is 1. The van der Waals surface area contributed by atoms with Gasteiger partial charge in [0.2, 0.25) is 9.05 Å². The highest BCUT2D eigenvalue weighted by molar-refractivity contribution is 8.13. The lowest BCUT2D eigenvalue weighted by molar-refractivity contribution is 0.145. The third-order valence-electron chi connectivity index (χ3n) is 3.44. The van der Waals surface area contributed by atoms with Crippen LogP contribution in [-0.4, -0.2) is 53.6 Å². The van der Waals surface area contributed by atoms with Crippen molar-refractivity contribution in [2.75, 3.05) is 42.7 Å². The molecule has 1 saturated heterocycles. The van der Waals surface area contributed by atoms with Crippen LogP contribution in [0.5, 0.6) is 0 Å². The molecule has 1 aliphatic heterocycles. The van der Waals surface area contributed by atoms with E-state index in [4.69, 9.17) is 10.3 Å². The summed E-state index contributed by atoms with van der Waals surface area (Å²) in [6.07, 6.45) is 0.771. The summed E-state index contributed by atoms with van der Waals surface area (Å²) < 4.78 is 38.1. The quantitative estimate of drug-likeness (QED) is 0.301. The van der Waals surface area contributed by atoms with Gasteiger partial charge in [-0.05, 0) is 30.2 Å². The lowest BCUT2D eigenvalue weighted by Crippen LogP contribution is -2.25. The average molecular weight is 422 g/mol. The highest BCUT2D eigenvalue weighted by atomic mass is 35.7. The summed E-state index contributed by atoms with van der Waals surface area (Å²) >= 11 is 0. The average Bonchev–Trinajstić information content (AvgIpc) is 2.92. The van der Waals surface area contributed by atoms with Crippen molar-refractivity contribution in [1.82, 2.24) is 0 Å². The van der Waals surface area contributed by atoms with Gasteiger partial charge in [-0.2, -0.15) is 0 Å². The van der Waals surface area contributed by atoms with Crippen LogP contribution in [0, 0.1) is 5.82 Å². The lowest BCUT2D eigenvalue weighted by atomic mass is 10.2. The van der Waals surface area contributed by atoms with Crippen molar-refractivity contribution in [3.8, 4) is 0 Å². The van der Waals surface area contributed by atoms with Crippen molar-refractivity contribution in [3.63, 3.8) is 0 Å². The zero-order valence-electron chi connectivity index (χ0n) is 15.2. The zero-order chi connectivity index (χ0) is 20.6. The van der Waals surface area contributed by atoms with Crippen LogP contribution in [0.4, 0.5) is 20.6 Å². The van der Waals surface area contributed by atoms with E-state index in [2.05, 4.69) is 20.7 Å². The highest BCUT2D eigenvalue weighted by Gasteiger charge is 2.32. The molecule has 9 nitrogen and oxygen atoms in total. The second-order valence-corrected chi connectivity index (χ2v) is 8.81. The van der Waals surface area contributed by atoms with Crippen molar-refractivity contribution >= 4 is 37.2 Å². The van der Waals surface area contributed by atoms with Crippen LogP contribution in [0.25, 0.3) is 10.4 Å². The minimum Gasteiger partial charge on any atom is -0.444 e. The van der Waals surface area contributed by atoms with Gasteiger partial charge < -0.3 is 9.64 Å². The number of benzene rings is 1. The van der Waals surface area contributed by atoms with Crippen molar-refractivity contribution in [1.29, 1.82) is 0 Å². The molecule has 12 heteroatoms. The fourth-order valence-corrected chi connectivity index (χ4v) is 2.38. The van der Waals surface area contributed by atoms with E-state index in [9.17, 15) is 17.6 Å². The van der Waals surface area contributed by atoms with Crippen LogP contribution >= 0.6 is 10.7 Å². The summed E-state index contributed by atoms with van der Waals surface area (Å²) in [6, 6.07) is 4.65. The number of hydrogen-bond donors (Lipinski definition) is 0. The molecular weight excluding hydrogens is 401 g/mol. The molecule has 0 spiro atoms. The van der Waals surface area contributed by atoms with Crippen molar-refractivity contribution < 1.29 is 22.3 Å². The van der Waals surface area contributed by atoms with Crippen molar-refractivity contribution in [3.05, 3.63) is 34.5 Å². The Labute approximate surface area is 161 Å². The topological polar surface area (TPSA) is 116 Å². The molecule has 0 saturated carbocycles. The van der Waals surface area contributed by atoms with Crippen LogP contribution in [0.1, 0.15) is 13.3 Å². The van der Waals surface area contributed by atoms with Crippen molar-refractivity contribution in [2.45, 2.75) is 19.4 Å². The maximum Gasteiger partial charge on any atom is 0.414 e. The maximum atomic E-state index is 14.2. The Hall–Kier alpha value is -2.23. The van der Waals surface area contributed by atoms with E-state index in [0.29, 0.717) is 11.4 Å². The summed E-state index contributed by atoms with van der Waals surface area (Å²) in [4.78, 5) is 17.6. The van der Waals surface area contributed by atoms with Gasteiger partial charge in [0.1, 0.15) is 11.9 Å². The molecule has 0 N–H and O–H groups in total. The molecule has 1 fully saturated rings. The first-order chi connectivity index (χ1) is 12.6. The first-order valence-corrected chi connectivity index (χ1v) is 10.7. The molecule has 150 valence electrons. The van der Waals surface area contributed by atoms with Gasteiger partial charge >= 0.3 is 6.09 Å². The van der Waals surface area contributed by atoms with Gasteiger partial charge in [-0.15, -0.1) is 0 Å². The van der Waals surface area contributed by atoms with E-state index < -0.39 is 21.2 Å². The van der Waals surface area contributed by atoms with Gasteiger partial charge in [-0.1, -0.05) is 12.0 Å². The number of amides is 1. The molecule has 0 aliphatic carbocycles. The monoisotopic (exact) mass is 421 g/mol. The Kier molecular flexibility index (Phi) is 8.61. The van der Waals surface area contributed by atoms with E-state index in [0.717, 1.165) is 19.2 Å². The molecule has 1 atom stereocenters. The molecule has 1 aliphatic rings. The minimum absolute atomic E-state index is 0.0680. The molecule has 1 aromatic carbocycles. The van der Waals surface area contributed by atoms with E-state index in [1.807, 2.05) is 18.9 Å². The molecule has 1 amide bonds. The number of rotatable bonds is 6. The first kappa shape index (κ1) is 22.8. The number of nitrogens with zero attached hydrogens (tertiary/aromatic N) is 5. The summed E-state index contributed by atoms with van der Waals surface area (Å²) in [5.41, 5.74) is 9.21. The van der Waals surface area contributed by atoms with Gasteiger partial charge in [0, 0.05) is 29.2 Å². The summed E-state index contributed by atoms with van der Waals surface area (Å²) in [5, 5.41) is 3.39. The lowest BCUT2D eigenvalue weighted by Gasteiger charge is -2.21. The van der Waals surface area contributed by atoms with E-state index >= 15 is 0 Å². The summed E-state index contributed by atoms with van der Waals surface area (Å²) in [5.74, 6) is -0.389. The Morgan fingerprint density at radius 2 is 2.15 bits per heavy atom. The fraction of sp³-hybridized carbons (Fsp3) is 0.533. The van der Waals surface area contributed by atoms with E-state index in [1.165, 1.54) is 11.0 Å². The molecule has 1 aromatic rings. The SMILES string of the molecule is CCCN(C)c1ccc(N2C[C@H](CN=[N+]=[N-])OC2=O)cc1F.CS(=O)(=O)Cl. The normalized spacial score (nSPS) is 16.1. The number of azide groups is 1. The van der Waals surface area contributed by atoms with E-state index in [1.54, 1.807) is 12.1 Å². The van der Waals surface area contributed by atoms with Gasteiger partial charge in [-0.25, -0.2) is 17.6 Å². The van der Waals surface area contributed by atoms with Gasteiger partial charge in [0.05, 0.1) is 30.7 Å². The van der Waals surface area contributed by atoms with Crippen LogP contribution < -0.4 is 9.80 Å². The smallest absolute Gasteiger partial charge is 0.414 e. The van der Waals surface area contributed by atoms with Crippen molar-refractivity contribution in [2.24, 2.45) is 5.11 Å². The Bertz CT molecular complexity index is 808. The summed E-state index contributed by atoms with van der Waals surface area (Å²) in [7, 11) is 3.13. The fourth-order valence-electron chi connectivity index (χ4n) is 2.38. The highest BCUT2D eigenvalue weighted by Crippen LogP contribution is 2.27. The number of cyclic esters (lactones) is 1. The predicted octanol–water partition coefficient (Wildman–Crippen LogP) is 3.49. The van der Waals surface area contributed by atoms with Gasteiger partial charge in [-0.3, -0.25) is 4.90 Å². The number of anilines is 2. The molecule has 2 rings (SSSR count). The largest absolute Gasteiger partial charge is 0.444 e. The predicted molar refractivity (Wildman–Crippen MR) is 102 cm³/mol. The first-order valence-electron chi connectivity index (χ1n) is 7.96. The van der Waals surface area contributed by atoms with Crippen LogP contribution in [0.2, 0.25) is 0 Å². The molecule has 0 radical (unpaired) electrons. The molecule has 0 unspecified atom stereocenters. The van der Waals surface area contributed by atoms with Crippen LogP contribution in [0.3, 0.4) is 0 Å². The van der Waals surface area contributed by atoms with E-state index in [-0.39, 0.29) is 18.9 Å². The standard InChI is InChI=1S/C14H18FN5O2.CH3ClO2S/c1-3-6-19(2)13-5-4-10(7-12(13)15)20-9-11(8-17-18-16)22-14(20)21;1-5(2,3)4/h4-5,7,11H,3,6,8-9H2,1-2H3;1H3/t11-;/m0./s1. The number of carbonyl (C=O) groups is 1. The Morgan fingerprint density at radius 3 is 2.67 bits per heavy atom. The van der Waals surface area contributed by atoms with Crippen LogP contribution in [0.15, 0.2) is 23.3 Å². The Morgan fingerprint density at radius 1 is 1.52 bits per heavy atom. The van der Waals surface area contributed by atoms with Crippen LogP contribution in [-0.2, 0) is 13.8 Å². The van der Waals surface area contributed by atoms with Gasteiger partial charge in [0.25, 0.3) is 0 Å². The number of hydrogen-bond acceptors (Lipinski definition) is 6. The third kappa shape index (κ3) is 7.90. The zero-order valence-corrected chi connectivity index (χ0v) is 16.7. The maximum absolute atomic E-state index is 14.2.